The summed E-state index contributed by atoms with van der Waals surface area (Å²) in [6, 6.07) is 11.3. The highest BCUT2D eigenvalue weighted by molar-refractivity contribution is 9.10. The van der Waals surface area contributed by atoms with E-state index in [-0.39, 0.29) is 16.6 Å². The van der Waals surface area contributed by atoms with Crippen molar-refractivity contribution in [2.45, 2.75) is 11.8 Å². The van der Waals surface area contributed by atoms with E-state index in [2.05, 4.69) is 26.0 Å². The van der Waals surface area contributed by atoms with Gasteiger partial charge in [0.25, 0.3) is 10.0 Å². The zero-order valence-corrected chi connectivity index (χ0v) is 19.0. The average Bonchev–Trinajstić information content (AvgIpc) is 2.71. The summed E-state index contributed by atoms with van der Waals surface area (Å²) in [5, 5.41) is 2.82. The molecule has 1 saturated heterocycles. The summed E-state index contributed by atoms with van der Waals surface area (Å²) in [7, 11) is -3.85. The maximum absolute atomic E-state index is 12.8. The molecular weight excluding hydrogens is 474 g/mol. The molecule has 0 spiro atoms. The van der Waals surface area contributed by atoms with Gasteiger partial charge in [0.2, 0.25) is 5.91 Å². The molecule has 2 aromatic carbocycles. The van der Waals surface area contributed by atoms with Crippen LogP contribution in [0.2, 0.25) is 0 Å². The first-order chi connectivity index (χ1) is 14.4. The topological polar surface area (TPSA) is 97.0 Å². The molecular formula is C20H24BrN3O5S. The fourth-order valence-electron chi connectivity index (χ4n) is 2.96. The van der Waals surface area contributed by atoms with E-state index >= 15 is 0 Å². The predicted octanol–water partition coefficient (Wildman–Crippen LogP) is 2.92. The van der Waals surface area contributed by atoms with Crippen molar-refractivity contribution in [2.75, 3.05) is 49.5 Å². The standard InChI is InChI=1S/C20H24BrN3O5S/c1-2-29-18-8-3-15(21)13-19(18)30(26,27)23-17-6-4-16(5-7-17)22-20(25)14-24-9-11-28-12-10-24/h3-8,13,23H,2,9-12,14H2,1H3,(H,22,25). The van der Waals surface area contributed by atoms with E-state index in [4.69, 9.17) is 9.47 Å². The molecule has 0 radical (unpaired) electrons. The lowest BCUT2D eigenvalue weighted by molar-refractivity contribution is -0.118. The molecule has 1 aliphatic heterocycles. The molecule has 1 aliphatic rings. The Morgan fingerprint density at radius 3 is 2.47 bits per heavy atom. The van der Waals surface area contributed by atoms with Gasteiger partial charge in [-0.1, -0.05) is 15.9 Å². The lowest BCUT2D eigenvalue weighted by atomic mass is 10.3. The zero-order chi connectivity index (χ0) is 21.6. The lowest BCUT2D eigenvalue weighted by Gasteiger charge is -2.25. The number of carbonyl (C=O) groups excluding carboxylic acids is 1. The molecule has 0 bridgehead atoms. The fourth-order valence-corrected chi connectivity index (χ4v) is 4.70. The highest BCUT2D eigenvalue weighted by Crippen LogP contribution is 2.29. The van der Waals surface area contributed by atoms with Crippen molar-refractivity contribution in [3.05, 3.63) is 46.9 Å². The third kappa shape index (κ3) is 6.18. The van der Waals surface area contributed by atoms with Crippen molar-refractivity contribution in [3.63, 3.8) is 0 Å². The normalized spacial score (nSPS) is 14.9. The summed E-state index contributed by atoms with van der Waals surface area (Å²) in [5.74, 6) is 0.154. The van der Waals surface area contributed by atoms with Gasteiger partial charge in [-0.2, -0.15) is 0 Å². The van der Waals surface area contributed by atoms with Gasteiger partial charge in [0.1, 0.15) is 10.6 Å². The molecule has 1 amide bonds. The first-order valence-corrected chi connectivity index (χ1v) is 11.8. The Kier molecular flexibility index (Phi) is 7.70. The van der Waals surface area contributed by atoms with Crippen molar-refractivity contribution in [1.29, 1.82) is 0 Å². The van der Waals surface area contributed by atoms with Crippen LogP contribution in [0.1, 0.15) is 6.92 Å². The Labute approximate surface area is 184 Å². The number of carbonyl (C=O) groups is 1. The largest absolute Gasteiger partial charge is 0.492 e. The SMILES string of the molecule is CCOc1ccc(Br)cc1S(=O)(=O)Nc1ccc(NC(=O)CN2CCOCC2)cc1. The third-order valence-electron chi connectivity index (χ3n) is 4.39. The minimum absolute atomic E-state index is 0.0432. The maximum atomic E-state index is 12.8. The summed E-state index contributed by atoms with van der Waals surface area (Å²) in [6.45, 7) is 5.15. The van der Waals surface area contributed by atoms with Crippen molar-refractivity contribution in [2.24, 2.45) is 0 Å². The number of morpholine rings is 1. The molecule has 0 saturated carbocycles. The first kappa shape index (κ1) is 22.5. The molecule has 8 nitrogen and oxygen atoms in total. The van der Waals surface area contributed by atoms with Gasteiger partial charge in [-0.3, -0.25) is 14.4 Å². The molecule has 2 N–H and O–H groups in total. The molecule has 0 atom stereocenters. The number of benzene rings is 2. The molecule has 30 heavy (non-hydrogen) atoms. The minimum Gasteiger partial charge on any atom is -0.492 e. The molecule has 10 heteroatoms. The van der Waals surface area contributed by atoms with Crippen molar-refractivity contribution >= 4 is 43.2 Å². The highest BCUT2D eigenvalue weighted by Gasteiger charge is 2.20. The number of nitrogens with zero attached hydrogens (tertiary/aromatic N) is 1. The van der Waals surface area contributed by atoms with E-state index in [0.29, 0.717) is 42.2 Å². The lowest BCUT2D eigenvalue weighted by Crippen LogP contribution is -2.41. The quantitative estimate of drug-likeness (QED) is 0.581. The molecule has 0 aliphatic carbocycles. The van der Waals surface area contributed by atoms with Crippen LogP contribution in [0.4, 0.5) is 11.4 Å². The van der Waals surface area contributed by atoms with Crippen molar-refractivity contribution in [1.82, 2.24) is 4.90 Å². The van der Waals surface area contributed by atoms with E-state index in [1.807, 2.05) is 4.90 Å². The molecule has 0 unspecified atom stereocenters. The van der Waals surface area contributed by atoms with Crippen LogP contribution in [0.3, 0.4) is 0 Å². The Morgan fingerprint density at radius 1 is 1.13 bits per heavy atom. The van der Waals surface area contributed by atoms with Crippen molar-refractivity contribution in [3.8, 4) is 5.75 Å². The van der Waals surface area contributed by atoms with E-state index < -0.39 is 10.0 Å². The maximum Gasteiger partial charge on any atom is 0.265 e. The second-order valence-electron chi connectivity index (χ2n) is 6.64. The minimum atomic E-state index is -3.85. The molecule has 2 aromatic rings. The van der Waals surface area contributed by atoms with Crippen LogP contribution in [0.25, 0.3) is 0 Å². The van der Waals surface area contributed by atoms with Crippen LogP contribution in [0.5, 0.6) is 5.75 Å². The van der Waals surface area contributed by atoms with Gasteiger partial charge in [0, 0.05) is 28.9 Å². The molecule has 1 fully saturated rings. The van der Waals surface area contributed by atoms with E-state index in [0.717, 1.165) is 13.1 Å². The number of hydrogen-bond donors (Lipinski definition) is 2. The summed E-state index contributed by atoms with van der Waals surface area (Å²) < 4.78 is 39.6. The Hall–Kier alpha value is -2.14. The van der Waals surface area contributed by atoms with Gasteiger partial charge in [0.15, 0.2) is 0 Å². The van der Waals surface area contributed by atoms with Gasteiger partial charge in [0.05, 0.1) is 26.4 Å². The van der Waals surface area contributed by atoms with Gasteiger partial charge in [-0.25, -0.2) is 8.42 Å². The van der Waals surface area contributed by atoms with Crippen molar-refractivity contribution < 1.29 is 22.7 Å². The summed E-state index contributed by atoms with van der Waals surface area (Å²) >= 11 is 3.29. The zero-order valence-electron chi connectivity index (χ0n) is 16.6. The van der Waals surface area contributed by atoms with Crippen LogP contribution in [0, 0.1) is 0 Å². The monoisotopic (exact) mass is 497 g/mol. The van der Waals surface area contributed by atoms with Crippen LogP contribution in [-0.4, -0.2) is 58.7 Å². The van der Waals surface area contributed by atoms with E-state index in [9.17, 15) is 13.2 Å². The van der Waals surface area contributed by atoms with E-state index in [1.54, 1.807) is 43.3 Å². The Bertz CT molecular complexity index is 976. The third-order valence-corrected chi connectivity index (χ3v) is 6.28. The Balaban J connectivity index is 1.65. The molecule has 3 rings (SSSR count). The molecule has 0 aromatic heterocycles. The number of anilines is 2. The Morgan fingerprint density at radius 2 is 1.80 bits per heavy atom. The van der Waals surface area contributed by atoms with Gasteiger partial charge in [-0.05, 0) is 49.4 Å². The number of sulfonamides is 1. The summed E-state index contributed by atoms with van der Waals surface area (Å²) in [6.07, 6.45) is 0. The van der Waals surface area contributed by atoms with Gasteiger partial charge >= 0.3 is 0 Å². The average molecular weight is 498 g/mol. The number of ether oxygens (including phenoxy) is 2. The predicted molar refractivity (Wildman–Crippen MR) is 118 cm³/mol. The number of rotatable bonds is 8. The van der Waals surface area contributed by atoms with Gasteiger partial charge < -0.3 is 14.8 Å². The summed E-state index contributed by atoms with van der Waals surface area (Å²) in [4.78, 5) is 14.3. The number of amides is 1. The van der Waals surface area contributed by atoms with Crippen LogP contribution in [0.15, 0.2) is 51.8 Å². The number of hydrogen-bond acceptors (Lipinski definition) is 6. The number of halogens is 1. The molecule has 162 valence electrons. The fraction of sp³-hybridized carbons (Fsp3) is 0.350. The number of nitrogens with one attached hydrogen (secondary N) is 2. The van der Waals surface area contributed by atoms with Crippen LogP contribution < -0.4 is 14.8 Å². The first-order valence-electron chi connectivity index (χ1n) is 9.52. The molecule has 1 heterocycles. The van der Waals surface area contributed by atoms with Gasteiger partial charge in [-0.15, -0.1) is 0 Å². The highest BCUT2D eigenvalue weighted by atomic mass is 79.9. The van der Waals surface area contributed by atoms with Crippen LogP contribution >= 0.6 is 15.9 Å². The second-order valence-corrected chi connectivity index (χ2v) is 9.21. The van der Waals surface area contributed by atoms with Crippen LogP contribution in [-0.2, 0) is 19.6 Å². The summed E-state index contributed by atoms with van der Waals surface area (Å²) in [5.41, 5.74) is 0.970. The smallest absolute Gasteiger partial charge is 0.265 e. The second kappa shape index (κ2) is 10.3. The van der Waals surface area contributed by atoms with E-state index in [1.165, 1.54) is 6.07 Å².